The molecule has 1 unspecified atom stereocenters. The van der Waals surface area contributed by atoms with Crippen LogP contribution in [-0.4, -0.2) is 0 Å². The molecule has 2 aromatic rings. The Morgan fingerprint density at radius 1 is 1.10 bits per heavy atom. The fraction of sp³-hybridized carbons (Fsp3) is 0.250. The van der Waals surface area contributed by atoms with E-state index in [0.29, 0.717) is 6.42 Å². The Kier molecular flexibility index (Phi) is 4.78. The van der Waals surface area contributed by atoms with Crippen molar-refractivity contribution in [3.05, 3.63) is 64.7 Å². The molecule has 1 N–H and O–H groups in total. The van der Waals surface area contributed by atoms with Gasteiger partial charge in [-0.1, -0.05) is 48.9 Å². The number of alkyl halides is 3. The summed E-state index contributed by atoms with van der Waals surface area (Å²) in [7, 11) is 0. The molecule has 0 bridgehead atoms. The number of halogens is 4. The first-order valence-corrected chi connectivity index (χ1v) is 6.98. The maximum absolute atomic E-state index is 13.1. The Bertz CT molecular complexity index is 596. The number of rotatable bonds is 4. The van der Waals surface area contributed by atoms with Gasteiger partial charge in [0.1, 0.15) is 0 Å². The minimum absolute atomic E-state index is 0.0441. The number of hydrogen-bond donors (Lipinski definition) is 1. The quantitative estimate of drug-likeness (QED) is 0.738. The third kappa shape index (κ3) is 3.91. The Hall–Kier alpha value is -1.68. The maximum Gasteiger partial charge on any atom is 0.418 e. The minimum Gasteiger partial charge on any atom is -0.378 e. The molecule has 0 aliphatic carbocycles. The number of benzene rings is 2. The number of anilines is 1. The Morgan fingerprint density at radius 3 is 2.33 bits per heavy atom. The van der Waals surface area contributed by atoms with Crippen molar-refractivity contribution in [2.45, 2.75) is 25.6 Å². The molecule has 0 amide bonds. The van der Waals surface area contributed by atoms with Crippen molar-refractivity contribution >= 4 is 17.3 Å². The molecule has 21 heavy (non-hydrogen) atoms. The lowest BCUT2D eigenvalue weighted by molar-refractivity contribution is -0.137. The van der Waals surface area contributed by atoms with Gasteiger partial charge in [0, 0.05) is 10.7 Å². The van der Waals surface area contributed by atoms with Gasteiger partial charge in [0.2, 0.25) is 0 Å². The van der Waals surface area contributed by atoms with E-state index in [4.69, 9.17) is 11.6 Å². The van der Waals surface area contributed by atoms with E-state index in [1.807, 2.05) is 37.3 Å². The zero-order chi connectivity index (χ0) is 15.5. The van der Waals surface area contributed by atoms with Crippen molar-refractivity contribution in [3.8, 4) is 0 Å². The average Bonchev–Trinajstić information content (AvgIpc) is 2.46. The van der Waals surface area contributed by atoms with E-state index >= 15 is 0 Å². The largest absolute Gasteiger partial charge is 0.418 e. The third-order valence-corrected chi connectivity index (χ3v) is 3.46. The lowest BCUT2D eigenvalue weighted by Crippen LogP contribution is -2.15. The van der Waals surface area contributed by atoms with E-state index in [0.717, 1.165) is 11.6 Å². The molecule has 0 spiro atoms. The molecule has 2 rings (SSSR count). The van der Waals surface area contributed by atoms with Crippen LogP contribution >= 0.6 is 11.6 Å². The summed E-state index contributed by atoms with van der Waals surface area (Å²) in [6, 6.07) is 13.0. The fourth-order valence-electron chi connectivity index (χ4n) is 2.17. The van der Waals surface area contributed by atoms with Gasteiger partial charge in [-0.15, -0.1) is 0 Å². The zero-order valence-electron chi connectivity index (χ0n) is 11.4. The predicted octanol–water partition coefficient (Wildman–Crippen LogP) is 5.92. The van der Waals surface area contributed by atoms with Crippen LogP contribution in [-0.2, 0) is 6.18 Å². The van der Waals surface area contributed by atoms with E-state index in [-0.39, 0.29) is 16.8 Å². The normalized spacial score (nSPS) is 13.0. The van der Waals surface area contributed by atoms with Crippen LogP contribution in [0.3, 0.4) is 0 Å². The van der Waals surface area contributed by atoms with Crippen LogP contribution < -0.4 is 5.32 Å². The van der Waals surface area contributed by atoms with Crippen molar-refractivity contribution in [3.63, 3.8) is 0 Å². The summed E-state index contributed by atoms with van der Waals surface area (Å²) in [4.78, 5) is 0. The van der Waals surface area contributed by atoms with E-state index in [1.165, 1.54) is 12.1 Å². The standard InChI is InChI=1S/C16H15ClF3N/c1-2-14(11-6-4-3-5-7-11)21-15-9-8-12(17)10-13(15)16(18,19)20/h3-10,14,21H,2H2,1H3. The highest BCUT2D eigenvalue weighted by Crippen LogP contribution is 2.38. The molecule has 0 radical (unpaired) electrons. The van der Waals surface area contributed by atoms with Crippen molar-refractivity contribution < 1.29 is 13.2 Å². The molecular weight excluding hydrogens is 299 g/mol. The molecule has 1 nitrogen and oxygen atoms in total. The summed E-state index contributed by atoms with van der Waals surface area (Å²) in [6.45, 7) is 1.92. The molecule has 0 saturated heterocycles. The summed E-state index contributed by atoms with van der Waals surface area (Å²) < 4.78 is 39.3. The molecule has 112 valence electrons. The second-order valence-electron chi connectivity index (χ2n) is 4.70. The molecule has 0 fully saturated rings. The van der Waals surface area contributed by atoms with Gasteiger partial charge in [-0.2, -0.15) is 13.2 Å². The van der Waals surface area contributed by atoms with Crippen LogP contribution in [0.25, 0.3) is 0 Å². The van der Waals surface area contributed by atoms with E-state index in [9.17, 15) is 13.2 Å². The molecule has 0 aromatic heterocycles. The maximum atomic E-state index is 13.1. The van der Waals surface area contributed by atoms with Gasteiger partial charge in [-0.3, -0.25) is 0 Å². The summed E-state index contributed by atoms with van der Waals surface area (Å²) in [6.07, 6.45) is -3.77. The van der Waals surface area contributed by atoms with Gasteiger partial charge in [-0.25, -0.2) is 0 Å². The lowest BCUT2D eigenvalue weighted by Gasteiger charge is -2.22. The minimum atomic E-state index is -4.44. The van der Waals surface area contributed by atoms with Crippen LogP contribution in [0.5, 0.6) is 0 Å². The van der Waals surface area contributed by atoms with E-state index in [1.54, 1.807) is 0 Å². The lowest BCUT2D eigenvalue weighted by atomic mass is 10.0. The van der Waals surface area contributed by atoms with Crippen molar-refractivity contribution in [1.82, 2.24) is 0 Å². The highest BCUT2D eigenvalue weighted by molar-refractivity contribution is 6.30. The van der Waals surface area contributed by atoms with Crippen LogP contribution in [0.4, 0.5) is 18.9 Å². The van der Waals surface area contributed by atoms with Gasteiger partial charge < -0.3 is 5.32 Å². The Labute approximate surface area is 126 Å². The van der Waals surface area contributed by atoms with Gasteiger partial charge >= 0.3 is 6.18 Å². The van der Waals surface area contributed by atoms with Crippen LogP contribution in [0.15, 0.2) is 48.5 Å². The second-order valence-corrected chi connectivity index (χ2v) is 5.14. The number of nitrogens with one attached hydrogen (secondary N) is 1. The van der Waals surface area contributed by atoms with Gasteiger partial charge in [0.15, 0.2) is 0 Å². The molecule has 0 heterocycles. The predicted molar refractivity (Wildman–Crippen MR) is 79.6 cm³/mol. The molecule has 5 heteroatoms. The molecule has 0 aliphatic heterocycles. The van der Waals surface area contributed by atoms with E-state index < -0.39 is 11.7 Å². The first kappa shape index (κ1) is 15.7. The average molecular weight is 314 g/mol. The second kappa shape index (κ2) is 6.39. The fourth-order valence-corrected chi connectivity index (χ4v) is 2.34. The van der Waals surface area contributed by atoms with Crippen LogP contribution in [0.2, 0.25) is 5.02 Å². The van der Waals surface area contributed by atoms with Crippen LogP contribution in [0.1, 0.15) is 30.5 Å². The summed E-state index contributed by atoms with van der Waals surface area (Å²) in [5.41, 5.74) is 0.245. The summed E-state index contributed by atoms with van der Waals surface area (Å²) in [5, 5.41) is 3.04. The first-order chi connectivity index (χ1) is 9.91. The first-order valence-electron chi connectivity index (χ1n) is 6.60. The Morgan fingerprint density at radius 2 is 1.76 bits per heavy atom. The highest BCUT2D eigenvalue weighted by atomic mass is 35.5. The van der Waals surface area contributed by atoms with Crippen molar-refractivity contribution in [2.75, 3.05) is 5.32 Å². The van der Waals surface area contributed by atoms with Crippen molar-refractivity contribution in [1.29, 1.82) is 0 Å². The van der Waals surface area contributed by atoms with Crippen molar-refractivity contribution in [2.24, 2.45) is 0 Å². The molecule has 0 saturated carbocycles. The topological polar surface area (TPSA) is 12.0 Å². The number of hydrogen-bond acceptors (Lipinski definition) is 1. The monoisotopic (exact) mass is 313 g/mol. The summed E-state index contributed by atoms with van der Waals surface area (Å²) in [5.74, 6) is 0. The van der Waals surface area contributed by atoms with Gasteiger partial charge in [0.05, 0.1) is 11.6 Å². The zero-order valence-corrected chi connectivity index (χ0v) is 12.2. The third-order valence-electron chi connectivity index (χ3n) is 3.23. The van der Waals surface area contributed by atoms with Gasteiger partial charge in [-0.05, 0) is 30.2 Å². The SMILES string of the molecule is CCC(Nc1ccc(Cl)cc1C(F)(F)F)c1ccccc1. The molecule has 0 aliphatic rings. The van der Waals surface area contributed by atoms with E-state index in [2.05, 4.69) is 5.32 Å². The molecule has 1 atom stereocenters. The summed E-state index contributed by atoms with van der Waals surface area (Å²) >= 11 is 5.68. The molecule has 2 aromatic carbocycles. The highest BCUT2D eigenvalue weighted by Gasteiger charge is 2.34. The van der Waals surface area contributed by atoms with Crippen LogP contribution in [0, 0.1) is 0 Å². The smallest absolute Gasteiger partial charge is 0.378 e. The van der Waals surface area contributed by atoms with Gasteiger partial charge in [0.25, 0.3) is 0 Å². The molecular formula is C16H15ClF3N. The Balaban J connectivity index is 2.34.